The zero-order valence-corrected chi connectivity index (χ0v) is 25.4. The lowest BCUT2D eigenvalue weighted by molar-refractivity contribution is -0.163. The monoisotopic (exact) mass is 571 g/mol. The molecule has 0 radical (unpaired) electrons. The van der Waals surface area contributed by atoms with Crippen molar-refractivity contribution in [2.45, 2.75) is 83.3 Å². The van der Waals surface area contributed by atoms with Gasteiger partial charge in [-0.3, -0.25) is 4.79 Å². The third-order valence-electron chi connectivity index (χ3n) is 8.41. The molecule has 1 aliphatic carbocycles. The summed E-state index contributed by atoms with van der Waals surface area (Å²) in [5.41, 5.74) is 0.813. The van der Waals surface area contributed by atoms with Crippen LogP contribution in [0.25, 0.3) is 0 Å². The third kappa shape index (κ3) is 8.51. The zero-order valence-electron chi connectivity index (χ0n) is 25.4. The highest BCUT2D eigenvalue weighted by Gasteiger charge is 2.41. The van der Waals surface area contributed by atoms with Crippen LogP contribution in [-0.4, -0.2) is 69.5 Å². The van der Waals surface area contributed by atoms with Crippen LogP contribution in [0, 0.1) is 11.8 Å². The first-order chi connectivity index (χ1) is 19.9. The molecule has 1 aliphatic heterocycles. The van der Waals surface area contributed by atoms with Crippen LogP contribution in [0.4, 0.5) is 0 Å². The number of piperidine rings is 1. The van der Waals surface area contributed by atoms with Crippen LogP contribution in [-0.2, 0) is 19.1 Å². The molecule has 3 rings (SSSR count). The highest BCUT2D eigenvalue weighted by atomic mass is 16.6. The standard InChI is InChI=1S/C33H49NO7/c1-7-18-39-19-20-40-29-22-26(21-28(37-5)31(29)38-6)30(25-14-10-9-11-15-25)32(35)34-17-13-12-16-27(34)33(36)41-24(4)23(3)8-2/h7-8,21-25,27,30H,1-2,9-20H2,3-6H3/t23-,24-,27+,30+/m1/s1. The summed E-state index contributed by atoms with van der Waals surface area (Å²) in [5, 5.41) is 0. The zero-order chi connectivity index (χ0) is 29.8. The van der Waals surface area contributed by atoms with Gasteiger partial charge in [0.15, 0.2) is 11.5 Å². The lowest BCUT2D eigenvalue weighted by Crippen LogP contribution is -2.51. The minimum absolute atomic E-state index is 0.0223. The van der Waals surface area contributed by atoms with E-state index in [-0.39, 0.29) is 29.8 Å². The Bertz CT molecular complexity index is 1020. The Morgan fingerprint density at radius 2 is 1.68 bits per heavy atom. The molecule has 1 saturated carbocycles. The van der Waals surface area contributed by atoms with E-state index >= 15 is 0 Å². The summed E-state index contributed by atoms with van der Waals surface area (Å²) in [7, 11) is 3.15. The average Bonchev–Trinajstić information content (AvgIpc) is 3.00. The van der Waals surface area contributed by atoms with E-state index < -0.39 is 12.0 Å². The Labute approximate surface area is 246 Å². The fourth-order valence-corrected chi connectivity index (χ4v) is 5.88. The van der Waals surface area contributed by atoms with E-state index in [1.54, 1.807) is 31.3 Å². The summed E-state index contributed by atoms with van der Waals surface area (Å²) in [5.74, 6) is 0.840. The van der Waals surface area contributed by atoms with Gasteiger partial charge in [0, 0.05) is 12.5 Å². The van der Waals surface area contributed by atoms with Crippen molar-refractivity contribution < 1.29 is 33.3 Å². The molecule has 4 atom stereocenters. The number of likely N-dealkylation sites (tertiary alicyclic amines) is 1. The van der Waals surface area contributed by atoms with Gasteiger partial charge in [-0.2, -0.15) is 0 Å². The number of ether oxygens (including phenoxy) is 5. The maximum absolute atomic E-state index is 14.5. The minimum atomic E-state index is -0.598. The van der Waals surface area contributed by atoms with Gasteiger partial charge in [-0.1, -0.05) is 38.3 Å². The topological polar surface area (TPSA) is 83.5 Å². The Kier molecular flexibility index (Phi) is 13.0. The van der Waals surface area contributed by atoms with Gasteiger partial charge < -0.3 is 28.6 Å². The van der Waals surface area contributed by atoms with Crippen LogP contribution < -0.4 is 14.2 Å². The number of rotatable bonds is 15. The number of methoxy groups -OCH3 is 2. The summed E-state index contributed by atoms with van der Waals surface area (Å²) < 4.78 is 28.8. The second-order valence-electron chi connectivity index (χ2n) is 11.1. The molecule has 41 heavy (non-hydrogen) atoms. The fourth-order valence-electron chi connectivity index (χ4n) is 5.88. The Morgan fingerprint density at radius 1 is 0.976 bits per heavy atom. The maximum Gasteiger partial charge on any atom is 0.329 e. The number of carbonyl (C=O) groups is 2. The van der Waals surface area contributed by atoms with Gasteiger partial charge in [0.05, 0.1) is 33.4 Å². The molecule has 0 spiro atoms. The Balaban J connectivity index is 1.96. The number of hydrogen-bond acceptors (Lipinski definition) is 7. The average molecular weight is 572 g/mol. The molecule has 0 aromatic heterocycles. The number of amides is 1. The first-order valence-electron chi connectivity index (χ1n) is 15.1. The van der Waals surface area contributed by atoms with Crippen molar-refractivity contribution in [2.24, 2.45) is 11.8 Å². The van der Waals surface area contributed by atoms with Gasteiger partial charge >= 0.3 is 5.97 Å². The number of carbonyl (C=O) groups excluding carboxylic acids is 2. The maximum atomic E-state index is 14.5. The van der Waals surface area contributed by atoms with Gasteiger partial charge in [-0.25, -0.2) is 4.79 Å². The molecule has 0 N–H and O–H groups in total. The molecule has 0 bridgehead atoms. The van der Waals surface area contributed by atoms with Crippen molar-refractivity contribution >= 4 is 11.9 Å². The van der Waals surface area contributed by atoms with Crippen molar-refractivity contribution in [3.05, 3.63) is 43.0 Å². The van der Waals surface area contributed by atoms with Crippen LogP contribution in [0.5, 0.6) is 17.2 Å². The third-order valence-corrected chi connectivity index (χ3v) is 8.41. The Morgan fingerprint density at radius 3 is 2.34 bits per heavy atom. The molecule has 1 saturated heterocycles. The molecule has 1 amide bonds. The van der Waals surface area contributed by atoms with Crippen LogP contribution in [0.2, 0.25) is 0 Å². The minimum Gasteiger partial charge on any atom is -0.493 e. The van der Waals surface area contributed by atoms with E-state index in [4.69, 9.17) is 23.7 Å². The highest BCUT2D eigenvalue weighted by Crippen LogP contribution is 2.45. The molecule has 2 fully saturated rings. The Hall–Kier alpha value is -3.00. The van der Waals surface area contributed by atoms with Crippen molar-refractivity contribution in [1.29, 1.82) is 0 Å². The van der Waals surface area contributed by atoms with E-state index in [1.165, 1.54) is 6.42 Å². The van der Waals surface area contributed by atoms with Crippen molar-refractivity contribution in [3.8, 4) is 17.2 Å². The SMILES string of the molecule is C=CCOCCOc1cc([C@@H](C(=O)N2CCCC[C@H]2C(=O)O[C@H](C)[C@H](C)C=C)C2CCCCC2)cc(OC)c1OC. The molecular weight excluding hydrogens is 522 g/mol. The number of benzene rings is 1. The van der Waals surface area contributed by atoms with Gasteiger partial charge in [-0.05, 0) is 62.6 Å². The normalized spacial score (nSPS) is 19.9. The predicted octanol–water partition coefficient (Wildman–Crippen LogP) is 6.08. The number of hydrogen-bond donors (Lipinski definition) is 0. The van der Waals surface area contributed by atoms with Gasteiger partial charge in [0.1, 0.15) is 18.8 Å². The molecule has 8 nitrogen and oxygen atoms in total. The first-order valence-corrected chi connectivity index (χ1v) is 15.1. The van der Waals surface area contributed by atoms with Crippen molar-refractivity contribution in [2.75, 3.05) is 40.6 Å². The molecule has 8 heteroatoms. The van der Waals surface area contributed by atoms with E-state index in [9.17, 15) is 9.59 Å². The lowest BCUT2D eigenvalue weighted by atomic mass is 9.75. The number of esters is 1. The molecule has 1 heterocycles. The van der Waals surface area contributed by atoms with Gasteiger partial charge in [0.2, 0.25) is 11.7 Å². The first kappa shape index (κ1) is 32.5. The molecule has 0 unspecified atom stereocenters. The van der Waals surface area contributed by atoms with E-state index in [0.29, 0.717) is 50.0 Å². The lowest BCUT2D eigenvalue weighted by Gasteiger charge is -2.40. The summed E-state index contributed by atoms with van der Waals surface area (Å²) >= 11 is 0. The van der Waals surface area contributed by atoms with Crippen LogP contribution >= 0.6 is 0 Å². The van der Waals surface area contributed by atoms with E-state index in [0.717, 1.165) is 44.1 Å². The molecule has 228 valence electrons. The molecular formula is C33H49NO7. The highest BCUT2D eigenvalue weighted by molar-refractivity contribution is 5.89. The van der Waals surface area contributed by atoms with Gasteiger partial charge in [0.25, 0.3) is 0 Å². The van der Waals surface area contributed by atoms with E-state index in [2.05, 4.69) is 13.2 Å². The summed E-state index contributed by atoms with van der Waals surface area (Å²) in [4.78, 5) is 29.7. The molecule has 2 aliphatic rings. The number of nitrogens with zero attached hydrogens (tertiary/aromatic N) is 1. The van der Waals surface area contributed by atoms with Crippen molar-refractivity contribution in [3.63, 3.8) is 0 Å². The molecule has 1 aromatic carbocycles. The van der Waals surface area contributed by atoms with Crippen LogP contribution in [0.15, 0.2) is 37.4 Å². The molecule has 1 aromatic rings. The quantitative estimate of drug-likeness (QED) is 0.143. The summed E-state index contributed by atoms with van der Waals surface area (Å²) in [6, 6.07) is 3.19. The largest absolute Gasteiger partial charge is 0.493 e. The second kappa shape index (κ2) is 16.4. The fraction of sp³-hybridized carbons (Fsp3) is 0.636. The van der Waals surface area contributed by atoms with Gasteiger partial charge in [-0.15, -0.1) is 13.2 Å². The second-order valence-corrected chi connectivity index (χ2v) is 11.1. The smallest absolute Gasteiger partial charge is 0.329 e. The summed E-state index contributed by atoms with van der Waals surface area (Å²) in [6.07, 6.45) is 10.7. The summed E-state index contributed by atoms with van der Waals surface area (Å²) in [6.45, 7) is 13.0. The van der Waals surface area contributed by atoms with E-state index in [1.807, 2.05) is 26.0 Å². The van der Waals surface area contributed by atoms with Crippen LogP contribution in [0.1, 0.15) is 76.7 Å². The predicted molar refractivity (Wildman–Crippen MR) is 160 cm³/mol. The van der Waals surface area contributed by atoms with Crippen molar-refractivity contribution in [1.82, 2.24) is 4.90 Å². The van der Waals surface area contributed by atoms with Crippen LogP contribution in [0.3, 0.4) is 0 Å².